The van der Waals surface area contributed by atoms with Gasteiger partial charge in [-0.25, -0.2) is 0 Å². The van der Waals surface area contributed by atoms with E-state index in [1.807, 2.05) is 30.3 Å². The summed E-state index contributed by atoms with van der Waals surface area (Å²) in [5, 5.41) is 0. The SMILES string of the molecule is CN(CCOc1ccccc1)CCN1CCOCC1. The molecule has 1 aliphatic rings. The van der Waals surface area contributed by atoms with E-state index in [0.717, 1.165) is 58.3 Å². The van der Waals surface area contributed by atoms with Gasteiger partial charge in [0.05, 0.1) is 13.2 Å². The van der Waals surface area contributed by atoms with Gasteiger partial charge in [-0.05, 0) is 19.2 Å². The fourth-order valence-corrected chi connectivity index (χ4v) is 2.08. The molecule has 0 N–H and O–H groups in total. The summed E-state index contributed by atoms with van der Waals surface area (Å²) in [4.78, 5) is 4.77. The van der Waals surface area contributed by atoms with E-state index in [1.54, 1.807) is 0 Å². The Morgan fingerprint density at radius 2 is 1.89 bits per heavy atom. The molecule has 0 atom stereocenters. The quantitative estimate of drug-likeness (QED) is 0.742. The fraction of sp³-hybridized carbons (Fsp3) is 0.600. The van der Waals surface area contributed by atoms with Crippen LogP contribution in [0.5, 0.6) is 5.75 Å². The maximum atomic E-state index is 5.69. The Kier molecular flexibility index (Phi) is 6.14. The summed E-state index contributed by atoms with van der Waals surface area (Å²) >= 11 is 0. The molecule has 2 rings (SSSR count). The lowest BCUT2D eigenvalue weighted by molar-refractivity contribution is 0.0340. The number of ether oxygens (including phenoxy) is 2. The second-order valence-corrected chi connectivity index (χ2v) is 4.92. The summed E-state index contributed by atoms with van der Waals surface area (Å²) in [5.74, 6) is 0.948. The van der Waals surface area contributed by atoms with E-state index < -0.39 is 0 Å². The topological polar surface area (TPSA) is 24.9 Å². The third-order valence-electron chi connectivity index (χ3n) is 3.39. The first-order valence-electron chi connectivity index (χ1n) is 7.01. The highest BCUT2D eigenvalue weighted by Crippen LogP contribution is 2.07. The van der Waals surface area contributed by atoms with Gasteiger partial charge in [-0.1, -0.05) is 18.2 Å². The molecule has 19 heavy (non-hydrogen) atoms. The van der Waals surface area contributed by atoms with Crippen molar-refractivity contribution in [1.82, 2.24) is 9.80 Å². The highest BCUT2D eigenvalue weighted by atomic mass is 16.5. The number of morpholine rings is 1. The first-order valence-corrected chi connectivity index (χ1v) is 7.01. The molecule has 106 valence electrons. The van der Waals surface area contributed by atoms with Crippen LogP contribution in [0.2, 0.25) is 0 Å². The second-order valence-electron chi connectivity index (χ2n) is 4.92. The zero-order chi connectivity index (χ0) is 13.3. The maximum absolute atomic E-state index is 5.69. The van der Waals surface area contributed by atoms with E-state index in [2.05, 4.69) is 16.8 Å². The normalized spacial score (nSPS) is 16.7. The molecule has 1 aromatic rings. The van der Waals surface area contributed by atoms with E-state index in [1.165, 1.54) is 0 Å². The standard InChI is InChI=1S/C15H24N2O2/c1-16(7-8-17-10-12-18-13-11-17)9-14-19-15-5-3-2-4-6-15/h2-6H,7-14H2,1H3. The molecule has 0 bridgehead atoms. The van der Waals surface area contributed by atoms with Crippen molar-refractivity contribution in [3.05, 3.63) is 30.3 Å². The fourth-order valence-electron chi connectivity index (χ4n) is 2.08. The van der Waals surface area contributed by atoms with Crippen molar-refractivity contribution in [2.45, 2.75) is 0 Å². The average molecular weight is 264 g/mol. The highest BCUT2D eigenvalue weighted by Gasteiger charge is 2.10. The van der Waals surface area contributed by atoms with Gasteiger partial charge < -0.3 is 14.4 Å². The largest absolute Gasteiger partial charge is 0.492 e. The summed E-state index contributed by atoms with van der Waals surface area (Å²) in [6, 6.07) is 9.98. The number of hydrogen-bond donors (Lipinski definition) is 0. The first-order chi connectivity index (χ1) is 9.34. The van der Waals surface area contributed by atoms with Crippen molar-refractivity contribution in [3.63, 3.8) is 0 Å². The zero-order valence-electron chi connectivity index (χ0n) is 11.8. The van der Waals surface area contributed by atoms with Crippen molar-refractivity contribution in [2.75, 3.05) is 59.6 Å². The maximum Gasteiger partial charge on any atom is 0.119 e. The summed E-state index contributed by atoms with van der Waals surface area (Å²) in [6.45, 7) is 7.77. The smallest absolute Gasteiger partial charge is 0.119 e. The van der Waals surface area contributed by atoms with Crippen LogP contribution >= 0.6 is 0 Å². The Balaban J connectivity index is 1.55. The van der Waals surface area contributed by atoms with Crippen LogP contribution in [0.25, 0.3) is 0 Å². The van der Waals surface area contributed by atoms with E-state index in [9.17, 15) is 0 Å². The molecule has 1 saturated heterocycles. The third kappa shape index (κ3) is 5.59. The van der Waals surface area contributed by atoms with Gasteiger partial charge in [0, 0.05) is 32.7 Å². The molecule has 1 aromatic carbocycles. The zero-order valence-corrected chi connectivity index (χ0v) is 11.8. The van der Waals surface area contributed by atoms with E-state index in [4.69, 9.17) is 9.47 Å². The van der Waals surface area contributed by atoms with Crippen LogP contribution in [0.1, 0.15) is 0 Å². The molecule has 1 aliphatic heterocycles. The number of rotatable bonds is 7. The molecule has 0 spiro atoms. The van der Waals surface area contributed by atoms with Gasteiger partial charge in [-0.15, -0.1) is 0 Å². The molecule has 1 heterocycles. The van der Waals surface area contributed by atoms with Crippen molar-refractivity contribution < 1.29 is 9.47 Å². The van der Waals surface area contributed by atoms with Crippen LogP contribution in [-0.2, 0) is 4.74 Å². The minimum atomic E-state index is 0.740. The molecule has 0 saturated carbocycles. The van der Waals surface area contributed by atoms with Gasteiger partial charge in [0.2, 0.25) is 0 Å². The molecule has 0 aromatic heterocycles. The summed E-state index contributed by atoms with van der Waals surface area (Å²) < 4.78 is 11.0. The number of hydrogen-bond acceptors (Lipinski definition) is 4. The minimum absolute atomic E-state index is 0.740. The molecule has 0 unspecified atom stereocenters. The molecule has 4 nitrogen and oxygen atoms in total. The molecule has 4 heteroatoms. The predicted octanol–water partition coefficient (Wildman–Crippen LogP) is 1.33. The monoisotopic (exact) mass is 264 g/mol. The molecule has 0 radical (unpaired) electrons. The first kappa shape index (κ1) is 14.3. The summed E-state index contributed by atoms with van der Waals surface area (Å²) in [7, 11) is 2.15. The van der Waals surface area contributed by atoms with Crippen molar-refractivity contribution in [1.29, 1.82) is 0 Å². The van der Waals surface area contributed by atoms with E-state index >= 15 is 0 Å². The van der Waals surface area contributed by atoms with Gasteiger partial charge in [0.1, 0.15) is 12.4 Å². The number of likely N-dealkylation sites (N-methyl/N-ethyl adjacent to an activating group) is 1. The lowest BCUT2D eigenvalue weighted by Crippen LogP contribution is -2.41. The van der Waals surface area contributed by atoms with E-state index in [-0.39, 0.29) is 0 Å². The van der Waals surface area contributed by atoms with Crippen molar-refractivity contribution in [2.24, 2.45) is 0 Å². The van der Waals surface area contributed by atoms with Gasteiger partial charge in [0.15, 0.2) is 0 Å². The lowest BCUT2D eigenvalue weighted by atomic mass is 10.3. The molecule has 0 amide bonds. The van der Waals surface area contributed by atoms with Crippen LogP contribution in [0, 0.1) is 0 Å². The number of benzene rings is 1. The Morgan fingerprint density at radius 3 is 2.63 bits per heavy atom. The van der Waals surface area contributed by atoms with Crippen LogP contribution in [0.3, 0.4) is 0 Å². The van der Waals surface area contributed by atoms with Crippen LogP contribution in [-0.4, -0.2) is 69.4 Å². The van der Waals surface area contributed by atoms with Crippen LogP contribution in [0.15, 0.2) is 30.3 Å². The van der Waals surface area contributed by atoms with Crippen molar-refractivity contribution >= 4 is 0 Å². The highest BCUT2D eigenvalue weighted by molar-refractivity contribution is 5.20. The minimum Gasteiger partial charge on any atom is -0.492 e. The lowest BCUT2D eigenvalue weighted by Gasteiger charge is -2.28. The Labute approximate surface area is 115 Å². The molecular weight excluding hydrogens is 240 g/mol. The molecular formula is C15H24N2O2. The van der Waals surface area contributed by atoms with Gasteiger partial charge in [0.25, 0.3) is 0 Å². The van der Waals surface area contributed by atoms with Gasteiger partial charge in [-0.2, -0.15) is 0 Å². The van der Waals surface area contributed by atoms with Crippen molar-refractivity contribution in [3.8, 4) is 5.75 Å². The summed E-state index contributed by atoms with van der Waals surface area (Å²) in [6.07, 6.45) is 0. The average Bonchev–Trinajstić information content (AvgIpc) is 2.47. The second kappa shape index (κ2) is 8.15. The van der Waals surface area contributed by atoms with E-state index in [0.29, 0.717) is 0 Å². The third-order valence-corrected chi connectivity index (χ3v) is 3.39. The van der Waals surface area contributed by atoms with Crippen LogP contribution < -0.4 is 4.74 Å². The van der Waals surface area contributed by atoms with Crippen LogP contribution in [0.4, 0.5) is 0 Å². The van der Waals surface area contributed by atoms with Gasteiger partial charge >= 0.3 is 0 Å². The number of para-hydroxylation sites is 1. The number of nitrogens with zero attached hydrogens (tertiary/aromatic N) is 2. The predicted molar refractivity (Wildman–Crippen MR) is 76.7 cm³/mol. The Morgan fingerprint density at radius 1 is 1.16 bits per heavy atom. The Hall–Kier alpha value is -1.10. The molecule has 1 fully saturated rings. The molecule has 0 aliphatic carbocycles. The van der Waals surface area contributed by atoms with Gasteiger partial charge in [-0.3, -0.25) is 4.90 Å². The summed E-state index contributed by atoms with van der Waals surface area (Å²) in [5.41, 5.74) is 0. The Bertz CT molecular complexity index is 339.